The molecule has 2 heterocycles. The van der Waals surface area contributed by atoms with Gasteiger partial charge in [-0.25, -0.2) is 0 Å². The van der Waals surface area contributed by atoms with Gasteiger partial charge in [-0.1, -0.05) is 17.7 Å². The van der Waals surface area contributed by atoms with Gasteiger partial charge < -0.3 is 14.8 Å². The van der Waals surface area contributed by atoms with Crippen LogP contribution in [0.3, 0.4) is 0 Å². The summed E-state index contributed by atoms with van der Waals surface area (Å²) < 4.78 is 40.4. The number of hydrogen-bond donors (Lipinski definition) is 2. The Labute approximate surface area is 154 Å². The molecule has 1 fully saturated rings. The van der Waals surface area contributed by atoms with Gasteiger partial charge in [0.05, 0.1) is 24.4 Å². The van der Waals surface area contributed by atoms with Gasteiger partial charge in [0.15, 0.2) is 0 Å². The molecule has 1 saturated heterocycles. The molecular formula is C18H24N2O5S. The molecule has 2 N–H and O–H groups in total. The molecular weight excluding hydrogens is 356 g/mol. The van der Waals surface area contributed by atoms with E-state index < -0.39 is 10.1 Å². The zero-order valence-corrected chi connectivity index (χ0v) is 15.9. The van der Waals surface area contributed by atoms with E-state index in [0.29, 0.717) is 6.04 Å². The van der Waals surface area contributed by atoms with Crippen LogP contribution in [0.1, 0.15) is 18.9 Å². The van der Waals surface area contributed by atoms with Crippen LogP contribution in [0.4, 0.5) is 0 Å². The van der Waals surface area contributed by atoms with Crippen LogP contribution in [0.15, 0.2) is 47.6 Å². The van der Waals surface area contributed by atoms with Gasteiger partial charge in [0.25, 0.3) is 10.1 Å². The molecule has 142 valence electrons. The average molecular weight is 380 g/mol. The van der Waals surface area contributed by atoms with E-state index in [1.165, 1.54) is 18.6 Å². The third-order valence-corrected chi connectivity index (χ3v) is 4.86. The maximum absolute atomic E-state index is 10.5. The molecule has 0 spiro atoms. The Morgan fingerprint density at radius 3 is 2.35 bits per heavy atom. The highest BCUT2D eigenvalue weighted by Gasteiger charge is 2.24. The minimum atomic E-state index is -4.02. The molecule has 1 aliphatic rings. The predicted octanol–water partition coefficient (Wildman–Crippen LogP) is 2.46. The van der Waals surface area contributed by atoms with Crippen molar-refractivity contribution in [2.75, 3.05) is 13.7 Å². The van der Waals surface area contributed by atoms with E-state index in [0.717, 1.165) is 23.6 Å². The van der Waals surface area contributed by atoms with Crippen LogP contribution >= 0.6 is 0 Å². The zero-order chi connectivity index (χ0) is 19.2. The molecule has 0 aliphatic carbocycles. The summed E-state index contributed by atoms with van der Waals surface area (Å²) in [7, 11) is -2.40. The summed E-state index contributed by atoms with van der Waals surface area (Å²) in [6.07, 6.45) is 4.72. The number of ether oxygens (including phenoxy) is 2. The number of aryl methyl sites for hydroxylation is 1. The van der Waals surface area contributed by atoms with E-state index in [4.69, 9.17) is 14.0 Å². The van der Waals surface area contributed by atoms with Crippen LogP contribution in [0.25, 0.3) is 0 Å². The predicted molar refractivity (Wildman–Crippen MR) is 98.3 cm³/mol. The SMILES string of the molecule is COc1cncc(OC(C)[C@@H]2CCN2)c1.Cc1ccc(S(=O)(=O)O)cc1. The smallest absolute Gasteiger partial charge is 0.294 e. The van der Waals surface area contributed by atoms with Crippen molar-refractivity contribution >= 4 is 10.1 Å². The Morgan fingerprint density at radius 2 is 1.85 bits per heavy atom. The van der Waals surface area contributed by atoms with Crippen molar-refractivity contribution in [3.63, 3.8) is 0 Å². The van der Waals surface area contributed by atoms with Crippen molar-refractivity contribution in [2.45, 2.75) is 37.3 Å². The Hall–Kier alpha value is -2.16. The Balaban J connectivity index is 0.000000197. The van der Waals surface area contributed by atoms with Crippen LogP contribution in [0, 0.1) is 6.92 Å². The molecule has 8 heteroatoms. The van der Waals surface area contributed by atoms with Crippen molar-refractivity contribution < 1.29 is 22.4 Å². The number of aromatic nitrogens is 1. The summed E-state index contributed by atoms with van der Waals surface area (Å²) in [6.45, 7) is 5.00. The average Bonchev–Trinajstić information content (AvgIpc) is 2.53. The summed E-state index contributed by atoms with van der Waals surface area (Å²) in [6, 6.07) is 8.31. The first kappa shape index (κ1) is 20.2. The summed E-state index contributed by atoms with van der Waals surface area (Å²) in [5.41, 5.74) is 0.956. The molecule has 0 saturated carbocycles. The molecule has 1 aliphatic heterocycles. The number of rotatable bonds is 5. The van der Waals surface area contributed by atoms with Gasteiger partial charge in [0, 0.05) is 12.1 Å². The largest absolute Gasteiger partial charge is 0.495 e. The van der Waals surface area contributed by atoms with Gasteiger partial charge in [-0.2, -0.15) is 8.42 Å². The number of pyridine rings is 1. The lowest BCUT2D eigenvalue weighted by Gasteiger charge is -2.33. The van der Waals surface area contributed by atoms with Crippen molar-refractivity contribution in [1.82, 2.24) is 10.3 Å². The molecule has 2 atom stereocenters. The molecule has 2 aromatic rings. The zero-order valence-electron chi connectivity index (χ0n) is 15.0. The minimum Gasteiger partial charge on any atom is -0.495 e. The first-order chi connectivity index (χ1) is 12.3. The molecule has 26 heavy (non-hydrogen) atoms. The second kappa shape index (κ2) is 8.98. The number of benzene rings is 1. The molecule has 0 radical (unpaired) electrons. The molecule has 3 rings (SSSR count). The van der Waals surface area contributed by atoms with Gasteiger partial charge in [-0.05, 0) is 38.9 Å². The van der Waals surface area contributed by atoms with E-state index in [1.54, 1.807) is 31.6 Å². The summed E-state index contributed by atoms with van der Waals surface area (Å²) in [4.78, 5) is 3.97. The number of nitrogens with one attached hydrogen (secondary N) is 1. The van der Waals surface area contributed by atoms with Crippen LogP contribution in [-0.2, 0) is 10.1 Å². The minimum absolute atomic E-state index is 0.0666. The Morgan fingerprint density at radius 1 is 1.23 bits per heavy atom. The van der Waals surface area contributed by atoms with E-state index in [9.17, 15) is 8.42 Å². The fourth-order valence-electron chi connectivity index (χ4n) is 2.29. The Bertz CT molecular complexity index is 805. The van der Waals surface area contributed by atoms with Crippen molar-refractivity contribution in [1.29, 1.82) is 0 Å². The lowest BCUT2D eigenvalue weighted by Crippen LogP contribution is -2.51. The van der Waals surface area contributed by atoms with Crippen LogP contribution in [0.2, 0.25) is 0 Å². The highest BCUT2D eigenvalue weighted by molar-refractivity contribution is 7.85. The first-order valence-corrected chi connectivity index (χ1v) is 9.67. The maximum Gasteiger partial charge on any atom is 0.294 e. The molecule has 0 bridgehead atoms. The number of hydrogen-bond acceptors (Lipinski definition) is 6. The third-order valence-electron chi connectivity index (χ3n) is 3.99. The van der Waals surface area contributed by atoms with E-state index in [-0.39, 0.29) is 11.0 Å². The normalized spacial score (nSPS) is 17.3. The maximum atomic E-state index is 10.5. The van der Waals surface area contributed by atoms with Crippen molar-refractivity contribution in [3.05, 3.63) is 48.3 Å². The second-order valence-corrected chi connectivity index (χ2v) is 7.44. The molecule has 1 aromatic heterocycles. The number of methoxy groups -OCH3 is 1. The quantitative estimate of drug-likeness (QED) is 0.769. The monoisotopic (exact) mass is 380 g/mol. The summed E-state index contributed by atoms with van der Waals surface area (Å²) in [5, 5.41) is 3.32. The first-order valence-electron chi connectivity index (χ1n) is 8.23. The topological polar surface area (TPSA) is 97.8 Å². The molecule has 1 aromatic carbocycles. The lowest BCUT2D eigenvalue weighted by atomic mass is 10.0. The highest BCUT2D eigenvalue weighted by atomic mass is 32.2. The van der Waals surface area contributed by atoms with Crippen molar-refractivity contribution in [3.8, 4) is 11.5 Å². The number of nitrogens with zero attached hydrogens (tertiary/aromatic N) is 1. The summed E-state index contributed by atoms with van der Waals surface area (Å²) >= 11 is 0. The molecule has 7 nitrogen and oxygen atoms in total. The molecule has 0 amide bonds. The fourth-order valence-corrected chi connectivity index (χ4v) is 2.77. The van der Waals surface area contributed by atoms with E-state index in [2.05, 4.69) is 17.2 Å². The highest BCUT2D eigenvalue weighted by Crippen LogP contribution is 2.20. The van der Waals surface area contributed by atoms with Gasteiger partial charge in [-0.3, -0.25) is 9.54 Å². The standard InChI is InChI=1S/C11H16N2O2.C7H8O3S/c1-8(11-3-4-13-11)15-10-5-9(14-2)6-12-7-10;1-6-2-4-7(5-3-6)11(8,9)10/h5-8,11,13H,3-4H2,1-2H3;2-5H,1H3,(H,8,9,10)/t8?,11-;/m0./s1. The van der Waals surface area contributed by atoms with E-state index >= 15 is 0 Å². The Kier molecular flexibility index (Phi) is 6.96. The van der Waals surface area contributed by atoms with Gasteiger partial charge in [0.2, 0.25) is 0 Å². The fraction of sp³-hybridized carbons (Fsp3) is 0.389. The second-order valence-electron chi connectivity index (χ2n) is 6.02. The van der Waals surface area contributed by atoms with E-state index in [1.807, 2.05) is 13.0 Å². The van der Waals surface area contributed by atoms with Gasteiger partial charge >= 0.3 is 0 Å². The van der Waals surface area contributed by atoms with Crippen LogP contribution in [-0.4, -0.2) is 43.8 Å². The van der Waals surface area contributed by atoms with Crippen LogP contribution in [0.5, 0.6) is 11.5 Å². The summed E-state index contributed by atoms with van der Waals surface area (Å²) in [5.74, 6) is 1.48. The lowest BCUT2D eigenvalue weighted by molar-refractivity contribution is 0.133. The van der Waals surface area contributed by atoms with Crippen molar-refractivity contribution in [2.24, 2.45) is 0 Å². The third kappa shape index (κ3) is 5.98. The van der Waals surface area contributed by atoms with Crippen LogP contribution < -0.4 is 14.8 Å². The van der Waals surface area contributed by atoms with Gasteiger partial charge in [-0.15, -0.1) is 0 Å². The van der Waals surface area contributed by atoms with Gasteiger partial charge in [0.1, 0.15) is 17.6 Å². The molecule has 1 unspecified atom stereocenters.